The van der Waals surface area contributed by atoms with Crippen molar-refractivity contribution in [2.45, 2.75) is 85.0 Å². The molecule has 6 rings (SSSR count). The van der Waals surface area contributed by atoms with E-state index in [4.69, 9.17) is 5.11 Å². The molecule has 39 heteroatoms. The number of H-pyrrole nitrogens is 6. The van der Waals surface area contributed by atoms with Crippen LogP contribution < -0.4 is 61.6 Å². The molecule has 5 aromatic heterocycles. The maximum Gasteiger partial charge on any atom is 0.335 e. The Balaban J connectivity index is 0.000000511. The van der Waals surface area contributed by atoms with Crippen LogP contribution in [0.4, 0.5) is 22.0 Å². The summed E-state index contributed by atoms with van der Waals surface area (Å²) in [5, 5.41) is 11.7. The number of halogens is 6. The van der Waals surface area contributed by atoms with Gasteiger partial charge in [-0.1, -0.05) is 15.9 Å². The van der Waals surface area contributed by atoms with Gasteiger partial charge in [-0.25, -0.2) is 28.8 Å². The Labute approximate surface area is 464 Å². The second-order valence-electron chi connectivity index (χ2n) is 15.3. The molecule has 0 radical (unpaired) electrons. The smallest absolute Gasteiger partial charge is 0.335 e. The average molecular weight is 1260 g/mol. The quantitative estimate of drug-likeness (QED) is 0.0197. The van der Waals surface area contributed by atoms with Gasteiger partial charge in [0.15, 0.2) is 0 Å². The molecule has 0 spiro atoms. The summed E-state index contributed by atoms with van der Waals surface area (Å²) in [7, 11) is 1.46. The molecule has 0 bridgehead atoms. The molecule has 0 atom stereocenters. The van der Waals surface area contributed by atoms with E-state index in [2.05, 4.69) is 35.6 Å². The van der Waals surface area contributed by atoms with E-state index in [-0.39, 0.29) is 83.2 Å². The van der Waals surface area contributed by atoms with Gasteiger partial charge in [0.05, 0.1) is 63.7 Å². The minimum absolute atomic E-state index is 0.0200. The molecule has 83 heavy (non-hydrogen) atoms. The standard InChI is InChI=1S/C11H10FN3O6.C9H11FN2O4.C8H10FN3O3.C7H7FN2O4.C5H9BrO2.C4H3FN2O2/c12-6-5-14(11(20)13-10(6)19)4-3-9(18)21-15-7(16)1-2-8(15)17;1-2-16-7(13)3-4-12-5-6(10)8(14)11-9(12)15;1-10-6(13)2-3-12-4-5(9)7(14)11-8(12)15;8-4-3-10(2-1-5(11)12)7(14)9-6(4)13;1-2-8-5(7)3-4-6;5-2-1-6-4(9)7-3(2)8/h5H,1-4H2,(H,13,19,20);5H,2-4H2,1H3,(H,11,14,15);4H,2-3H2,1H3,(H,10,13)(H,11,14,15);3H,1-2H2,(H,11,12)(H,9,13,14);2-4H2,1H3;1H,(H2,6,7,8,9). The van der Waals surface area contributed by atoms with Gasteiger partial charge in [-0.3, -0.25) is 95.9 Å². The number of carbonyl (C=O) groups excluding carboxylic acids is 6. The number of hydrogen-bond acceptors (Lipinski definition) is 20. The lowest BCUT2D eigenvalue weighted by molar-refractivity contribution is -0.197. The first-order chi connectivity index (χ1) is 39.0. The van der Waals surface area contributed by atoms with Crippen LogP contribution in [0.1, 0.15) is 58.8 Å². The third-order valence-corrected chi connectivity index (χ3v) is 9.69. The number of nitrogens with zero attached hydrogens (tertiary/aromatic N) is 5. The fourth-order valence-electron chi connectivity index (χ4n) is 5.32. The first-order valence-electron chi connectivity index (χ1n) is 23.3. The first kappa shape index (κ1) is 71.0. The van der Waals surface area contributed by atoms with E-state index in [0.29, 0.717) is 42.0 Å². The average Bonchev–Trinajstić information content (AvgIpc) is 3.73. The molecule has 6 heterocycles. The van der Waals surface area contributed by atoms with E-state index in [1.807, 2.05) is 4.98 Å². The van der Waals surface area contributed by atoms with Crippen LogP contribution in [0, 0.1) is 29.1 Å². The van der Waals surface area contributed by atoms with Gasteiger partial charge < -0.3 is 29.7 Å². The van der Waals surface area contributed by atoms with Crippen molar-refractivity contribution in [3.05, 3.63) is 164 Å². The van der Waals surface area contributed by atoms with Crippen LogP contribution >= 0.6 is 15.9 Å². The molecule has 0 aliphatic carbocycles. The second-order valence-corrected chi connectivity index (χ2v) is 16.1. The van der Waals surface area contributed by atoms with Crippen LogP contribution in [0.5, 0.6) is 0 Å². The predicted molar refractivity (Wildman–Crippen MR) is 272 cm³/mol. The monoisotopic (exact) mass is 1260 g/mol. The molecule has 0 aromatic carbocycles. The number of aromatic nitrogens is 10. The number of esters is 2. The first-order valence-corrected chi connectivity index (χ1v) is 24.4. The number of carbonyl (C=O) groups is 7. The molecule has 8 N–H and O–H groups in total. The zero-order valence-electron chi connectivity index (χ0n) is 43.4. The number of imide groups is 1. The predicted octanol–water partition coefficient (Wildman–Crippen LogP) is -3.20. The lowest BCUT2D eigenvalue weighted by Gasteiger charge is -2.12. The van der Waals surface area contributed by atoms with Crippen molar-refractivity contribution in [3.63, 3.8) is 0 Å². The number of nitrogens with one attached hydrogen (secondary N) is 7. The van der Waals surface area contributed by atoms with Crippen molar-refractivity contribution < 1.29 is 74.9 Å². The summed E-state index contributed by atoms with van der Waals surface area (Å²) in [5.74, 6) is -9.58. The maximum absolute atomic E-state index is 13.0. The van der Waals surface area contributed by atoms with Crippen LogP contribution in [0.25, 0.3) is 0 Å². The van der Waals surface area contributed by atoms with Gasteiger partial charge in [-0.2, -0.15) is 22.0 Å². The van der Waals surface area contributed by atoms with E-state index in [9.17, 15) is 103 Å². The molecular weight excluding hydrogens is 1210 g/mol. The SMILES string of the molecule is CCOC(=O)CCBr.CCOC(=O)CCn1cc(F)c(=O)[nH]c1=O.CNC(=O)CCn1cc(F)c(=O)[nH]c1=O.O=C(CCn1cc(F)c(=O)[nH]c1=O)ON1C(=O)CCC1=O.O=C(O)CCn1cc(F)c(=O)[nH]c1=O.O=c1[nH]cc(F)c(=O)[nH]1. The highest BCUT2D eigenvalue weighted by Crippen LogP contribution is 2.12. The molecule has 1 aliphatic heterocycles. The van der Waals surface area contributed by atoms with Gasteiger partial charge in [0, 0.05) is 64.0 Å². The van der Waals surface area contributed by atoms with Crippen molar-refractivity contribution in [3.8, 4) is 0 Å². The number of carboxylic acid groups (broad SMARTS) is 1. The van der Waals surface area contributed by atoms with Gasteiger partial charge in [0.1, 0.15) is 0 Å². The number of carboxylic acids is 1. The van der Waals surface area contributed by atoms with Crippen molar-refractivity contribution in [2.24, 2.45) is 0 Å². The highest BCUT2D eigenvalue weighted by Gasteiger charge is 2.32. The van der Waals surface area contributed by atoms with E-state index < -0.39 is 115 Å². The van der Waals surface area contributed by atoms with Crippen LogP contribution in [-0.4, -0.2) is 126 Å². The van der Waals surface area contributed by atoms with Crippen molar-refractivity contribution in [1.82, 2.24) is 58.6 Å². The van der Waals surface area contributed by atoms with E-state index in [1.165, 1.54) is 7.05 Å². The topological polar surface area (TPSA) is 468 Å². The summed E-state index contributed by atoms with van der Waals surface area (Å²) in [5.41, 5.74) is -9.30. The molecule has 454 valence electrons. The summed E-state index contributed by atoms with van der Waals surface area (Å²) in [6.45, 7) is 3.70. The summed E-state index contributed by atoms with van der Waals surface area (Å²) < 4.78 is 75.9. The summed E-state index contributed by atoms with van der Waals surface area (Å²) in [4.78, 5) is 199. The molecule has 33 nitrogen and oxygen atoms in total. The Morgan fingerprint density at radius 3 is 1.18 bits per heavy atom. The second kappa shape index (κ2) is 36.3. The Bertz CT molecular complexity index is 3690. The number of hydrogen-bond donors (Lipinski definition) is 8. The fourth-order valence-corrected chi connectivity index (χ4v) is 5.65. The number of hydroxylamine groups is 2. The van der Waals surface area contributed by atoms with Crippen LogP contribution in [0.15, 0.2) is 78.9 Å². The summed E-state index contributed by atoms with van der Waals surface area (Å²) >= 11 is 3.12. The third kappa shape index (κ3) is 26.7. The highest BCUT2D eigenvalue weighted by molar-refractivity contribution is 9.09. The Hall–Kier alpha value is -9.98. The van der Waals surface area contributed by atoms with Gasteiger partial charge in [-0.05, 0) is 13.8 Å². The maximum atomic E-state index is 13.0. The van der Waals surface area contributed by atoms with Crippen molar-refractivity contribution in [1.29, 1.82) is 0 Å². The number of aryl methyl sites for hydroxylation is 4. The van der Waals surface area contributed by atoms with E-state index >= 15 is 0 Å². The zero-order chi connectivity index (χ0) is 63.1. The molecule has 3 amide bonds. The lowest BCUT2D eigenvalue weighted by atomic mass is 10.4. The normalized spacial score (nSPS) is 11.0. The summed E-state index contributed by atoms with van der Waals surface area (Å²) in [6.07, 6.45) is 3.28. The van der Waals surface area contributed by atoms with Crippen molar-refractivity contribution >= 4 is 57.5 Å². The molecule has 1 aliphatic rings. The van der Waals surface area contributed by atoms with Gasteiger partial charge in [0.25, 0.3) is 39.6 Å². The third-order valence-electron chi connectivity index (χ3n) is 9.29. The van der Waals surface area contributed by atoms with Crippen LogP contribution in [-0.2, 0) is 74.1 Å². The summed E-state index contributed by atoms with van der Waals surface area (Å²) in [6, 6.07) is 0. The number of rotatable bonds is 17. The zero-order valence-corrected chi connectivity index (χ0v) is 45.0. The largest absolute Gasteiger partial charge is 0.481 e. The van der Waals surface area contributed by atoms with Crippen LogP contribution in [0.3, 0.4) is 0 Å². The highest BCUT2D eigenvalue weighted by atomic mass is 79.9. The number of aromatic amines is 6. The molecular formula is C44H50BrF5N12O21. The Morgan fingerprint density at radius 2 is 0.855 bits per heavy atom. The number of amides is 3. The number of alkyl halides is 1. The minimum Gasteiger partial charge on any atom is -0.481 e. The minimum atomic E-state index is -1.17. The number of ether oxygens (including phenoxy) is 2. The molecule has 0 unspecified atom stereocenters. The molecule has 1 fully saturated rings. The fraction of sp³-hybridized carbons (Fsp3) is 0.386. The Kier molecular flexibility index (Phi) is 31.1. The Morgan fingerprint density at radius 1 is 0.518 bits per heavy atom. The van der Waals surface area contributed by atoms with E-state index in [0.717, 1.165) is 30.7 Å². The number of aliphatic carboxylic acids is 1. The van der Waals surface area contributed by atoms with Crippen LogP contribution in [0.2, 0.25) is 0 Å². The molecule has 5 aromatic rings. The van der Waals surface area contributed by atoms with Gasteiger partial charge >= 0.3 is 52.3 Å². The lowest BCUT2D eigenvalue weighted by Crippen LogP contribution is -2.34. The molecule has 0 saturated carbocycles. The van der Waals surface area contributed by atoms with Gasteiger partial charge in [-0.15, -0.1) is 5.06 Å². The molecule has 1 saturated heterocycles. The van der Waals surface area contributed by atoms with Gasteiger partial charge in [0.2, 0.25) is 35.0 Å². The van der Waals surface area contributed by atoms with E-state index in [1.54, 1.807) is 38.8 Å². The van der Waals surface area contributed by atoms with Crippen molar-refractivity contribution in [2.75, 3.05) is 25.6 Å².